The summed E-state index contributed by atoms with van der Waals surface area (Å²) in [5, 5.41) is 11.2. The number of hydrogen-bond donors (Lipinski definition) is 2. The molecule has 2 saturated heterocycles. The van der Waals surface area contributed by atoms with Crippen LogP contribution in [0.15, 0.2) is 0 Å². The third kappa shape index (κ3) is 7.32. The number of nitrogens with zero attached hydrogens (tertiary/aromatic N) is 3. The quantitative estimate of drug-likeness (QED) is 0.527. The van der Waals surface area contributed by atoms with Gasteiger partial charge in [-0.15, -0.1) is 0 Å². The van der Waals surface area contributed by atoms with Gasteiger partial charge in [-0.3, -0.25) is 14.5 Å². The molecule has 11 nitrogen and oxygen atoms in total. The second-order valence-electron chi connectivity index (χ2n) is 11.2. The first-order valence-electron chi connectivity index (χ1n) is 13.0. The fourth-order valence-electron chi connectivity index (χ4n) is 5.42. The van der Waals surface area contributed by atoms with E-state index in [0.29, 0.717) is 71.0 Å². The van der Waals surface area contributed by atoms with Gasteiger partial charge in [0.25, 0.3) is 0 Å². The fourth-order valence-corrected chi connectivity index (χ4v) is 7.32. The van der Waals surface area contributed by atoms with Crippen LogP contribution in [0.2, 0.25) is 0 Å². The van der Waals surface area contributed by atoms with E-state index in [1.54, 1.807) is 36.9 Å². The maximum absolute atomic E-state index is 13.3. The number of hydrogen-bond acceptors (Lipinski definition) is 7. The van der Waals surface area contributed by atoms with Crippen LogP contribution in [-0.4, -0.2) is 108 Å². The molecule has 2 aliphatic heterocycles. The molecule has 0 bridgehead atoms. The van der Waals surface area contributed by atoms with Gasteiger partial charge in [0.15, 0.2) is 0 Å². The smallest absolute Gasteiger partial charge is 0.408 e. The average molecular weight is 531 g/mol. The van der Waals surface area contributed by atoms with E-state index in [4.69, 9.17) is 4.74 Å². The Kier molecular flexibility index (Phi) is 9.26. The fraction of sp³-hybridized carbons (Fsp3) is 0.875. The van der Waals surface area contributed by atoms with Crippen LogP contribution in [0.3, 0.4) is 0 Å². The van der Waals surface area contributed by atoms with Crippen LogP contribution in [0, 0.1) is 5.92 Å². The predicted molar refractivity (Wildman–Crippen MR) is 134 cm³/mol. The number of carboxylic acid groups (broad SMARTS) is 1. The summed E-state index contributed by atoms with van der Waals surface area (Å²) in [6, 6.07) is -0.428. The Hall–Kier alpha value is -1.92. The van der Waals surface area contributed by atoms with E-state index in [-0.39, 0.29) is 11.8 Å². The van der Waals surface area contributed by atoms with Gasteiger partial charge in [-0.2, -0.15) is 4.31 Å². The minimum atomic E-state index is -3.47. The molecule has 1 unspecified atom stereocenters. The molecular weight excluding hydrogens is 488 g/mol. The third-order valence-electron chi connectivity index (χ3n) is 7.47. The molecule has 206 valence electrons. The molecule has 2 N–H and O–H groups in total. The van der Waals surface area contributed by atoms with Crippen LogP contribution in [-0.2, 0) is 24.3 Å². The van der Waals surface area contributed by atoms with Gasteiger partial charge in [-0.05, 0) is 66.2 Å². The van der Waals surface area contributed by atoms with Crippen molar-refractivity contribution in [2.75, 3.05) is 39.3 Å². The molecule has 2 heterocycles. The molecule has 3 fully saturated rings. The third-order valence-corrected chi connectivity index (χ3v) is 9.87. The molecule has 0 aromatic rings. The molecule has 0 spiro atoms. The number of alkyl carbamates (subject to hydrolysis) is 1. The molecule has 0 radical (unpaired) electrons. The molecule has 3 aliphatic rings. The number of likely N-dealkylation sites (tertiary alicyclic amines) is 1. The normalized spacial score (nSPS) is 26.3. The lowest BCUT2D eigenvalue weighted by Crippen LogP contribution is -2.56. The van der Waals surface area contributed by atoms with Crippen molar-refractivity contribution in [1.29, 1.82) is 0 Å². The molecule has 2 amide bonds. The number of carbonyl (C=O) groups excluding carboxylic acids is 2. The van der Waals surface area contributed by atoms with E-state index in [0.717, 1.165) is 12.8 Å². The Morgan fingerprint density at radius 2 is 1.47 bits per heavy atom. The second kappa shape index (κ2) is 11.6. The van der Waals surface area contributed by atoms with Gasteiger partial charge in [-0.1, -0.05) is 0 Å². The lowest BCUT2D eigenvalue weighted by atomic mass is 9.85. The summed E-state index contributed by atoms with van der Waals surface area (Å²) in [4.78, 5) is 39.8. The largest absolute Gasteiger partial charge is 0.481 e. The Morgan fingerprint density at radius 3 is 1.97 bits per heavy atom. The standard InChI is InChI=1S/C24H42N4O7S/c1-17(25-23(32)35-24(2,3)4)21(29)27-11-9-20(10-12-27)36(33,34)28-15-13-26(14-16-28)19-7-5-18(6-8-19)22(30)31/h17-20H,5-16H2,1-4H3,(H,25,32)(H,30,31). The topological polar surface area (TPSA) is 137 Å². The SMILES string of the molecule is CC(NC(=O)OC(C)(C)C)C(=O)N1CCC(S(=O)(=O)N2CCN(C3CCC(C(=O)O)CC3)CC2)CC1. The number of sulfonamides is 1. The van der Waals surface area contributed by atoms with Gasteiger partial charge in [0.1, 0.15) is 11.6 Å². The van der Waals surface area contributed by atoms with Crippen LogP contribution in [0.25, 0.3) is 0 Å². The van der Waals surface area contributed by atoms with Crippen LogP contribution in [0.4, 0.5) is 4.79 Å². The van der Waals surface area contributed by atoms with Gasteiger partial charge in [-0.25, -0.2) is 13.2 Å². The summed E-state index contributed by atoms with van der Waals surface area (Å²) in [6.07, 6.45) is 3.13. The molecule has 0 aromatic heterocycles. The number of ether oxygens (including phenoxy) is 1. The van der Waals surface area contributed by atoms with Crippen LogP contribution < -0.4 is 5.32 Å². The monoisotopic (exact) mass is 530 g/mol. The molecule has 1 aliphatic carbocycles. The van der Waals surface area contributed by atoms with Crippen molar-refractivity contribution in [3.05, 3.63) is 0 Å². The zero-order valence-electron chi connectivity index (χ0n) is 21.9. The molecule has 1 saturated carbocycles. The first-order valence-corrected chi connectivity index (χ1v) is 14.5. The minimum absolute atomic E-state index is 0.247. The lowest BCUT2D eigenvalue weighted by Gasteiger charge is -2.42. The number of piperazine rings is 1. The average Bonchev–Trinajstić information content (AvgIpc) is 2.82. The van der Waals surface area contributed by atoms with E-state index in [9.17, 15) is 27.9 Å². The number of carbonyl (C=O) groups is 3. The maximum atomic E-state index is 13.3. The van der Waals surface area contributed by atoms with E-state index in [1.165, 1.54) is 0 Å². The Labute approximate surface area is 214 Å². The predicted octanol–water partition coefficient (Wildman–Crippen LogP) is 1.48. The molecule has 12 heteroatoms. The van der Waals surface area contributed by atoms with E-state index < -0.39 is 39.0 Å². The highest BCUT2D eigenvalue weighted by atomic mass is 32.2. The summed E-state index contributed by atoms with van der Waals surface area (Å²) in [5.41, 5.74) is -0.662. The van der Waals surface area contributed by atoms with Crippen molar-refractivity contribution in [3.63, 3.8) is 0 Å². The van der Waals surface area contributed by atoms with Gasteiger partial charge >= 0.3 is 12.1 Å². The Balaban J connectivity index is 1.44. The zero-order chi connectivity index (χ0) is 26.7. The minimum Gasteiger partial charge on any atom is -0.481 e. The first kappa shape index (κ1) is 28.6. The van der Waals surface area contributed by atoms with Crippen molar-refractivity contribution in [1.82, 2.24) is 19.4 Å². The van der Waals surface area contributed by atoms with Gasteiger partial charge in [0.2, 0.25) is 15.9 Å². The highest BCUT2D eigenvalue weighted by Crippen LogP contribution is 2.29. The van der Waals surface area contributed by atoms with Crippen molar-refractivity contribution < 1.29 is 32.6 Å². The van der Waals surface area contributed by atoms with Crippen molar-refractivity contribution in [3.8, 4) is 0 Å². The van der Waals surface area contributed by atoms with Crippen LogP contribution >= 0.6 is 0 Å². The molecule has 36 heavy (non-hydrogen) atoms. The lowest BCUT2D eigenvalue weighted by molar-refractivity contribution is -0.143. The summed E-state index contributed by atoms with van der Waals surface area (Å²) in [5.74, 6) is -1.22. The van der Waals surface area contributed by atoms with Crippen LogP contribution in [0.5, 0.6) is 0 Å². The number of rotatable bonds is 6. The van der Waals surface area contributed by atoms with Crippen molar-refractivity contribution in [2.45, 2.75) is 89.2 Å². The van der Waals surface area contributed by atoms with E-state index in [2.05, 4.69) is 10.2 Å². The van der Waals surface area contributed by atoms with Crippen molar-refractivity contribution in [2.24, 2.45) is 5.92 Å². The van der Waals surface area contributed by atoms with Crippen LogP contribution in [0.1, 0.15) is 66.2 Å². The number of carboxylic acids is 1. The zero-order valence-corrected chi connectivity index (χ0v) is 22.8. The first-order chi connectivity index (χ1) is 16.8. The summed E-state index contributed by atoms with van der Waals surface area (Å²) in [7, 11) is -3.47. The number of amides is 2. The molecule has 1 atom stereocenters. The summed E-state index contributed by atoms with van der Waals surface area (Å²) < 4.78 is 33.4. The van der Waals surface area contributed by atoms with Gasteiger partial charge in [0.05, 0.1) is 11.2 Å². The summed E-state index contributed by atoms with van der Waals surface area (Å²) >= 11 is 0. The highest BCUT2D eigenvalue weighted by Gasteiger charge is 2.39. The Bertz CT molecular complexity index is 896. The van der Waals surface area contributed by atoms with E-state index >= 15 is 0 Å². The number of piperidine rings is 1. The highest BCUT2D eigenvalue weighted by molar-refractivity contribution is 7.89. The maximum Gasteiger partial charge on any atom is 0.408 e. The van der Waals surface area contributed by atoms with Crippen molar-refractivity contribution >= 4 is 28.0 Å². The second-order valence-corrected chi connectivity index (χ2v) is 13.4. The van der Waals surface area contributed by atoms with E-state index in [1.807, 2.05) is 0 Å². The van der Waals surface area contributed by atoms with Gasteiger partial charge in [0, 0.05) is 45.3 Å². The Morgan fingerprint density at radius 1 is 0.917 bits per heavy atom. The number of nitrogens with one attached hydrogen (secondary N) is 1. The summed E-state index contributed by atoms with van der Waals surface area (Å²) in [6.45, 7) is 9.70. The molecule has 0 aromatic carbocycles. The molecule has 3 rings (SSSR count). The number of aliphatic carboxylic acids is 1. The van der Waals surface area contributed by atoms with Gasteiger partial charge < -0.3 is 20.1 Å². The molecular formula is C24H42N4O7S.